The minimum atomic E-state index is -1.46. The van der Waals surface area contributed by atoms with E-state index in [0.717, 1.165) is 9.91 Å². The molecule has 164 valence electrons. The molecule has 1 aromatic carbocycles. The van der Waals surface area contributed by atoms with Crippen molar-refractivity contribution in [3.63, 3.8) is 0 Å². The van der Waals surface area contributed by atoms with E-state index in [4.69, 9.17) is 0 Å². The topological polar surface area (TPSA) is 83.5 Å². The molecule has 9 heteroatoms. The van der Waals surface area contributed by atoms with Crippen molar-refractivity contribution in [1.29, 1.82) is 0 Å². The summed E-state index contributed by atoms with van der Waals surface area (Å²) >= 11 is 1.42. The molecular formula is C23H21FN4O3S. The number of amides is 3. The van der Waals surface area contributed by atoms with Crippen LogP contribution in [0.1, 0.15) is 29.0 Å². The number of hydrogen-bond donors (Lipinski definition) is 0. The van der Waals surface area contributed by atoms with E-state index in [0.29, 0.717) is 11.1 Å². The Hall–Kier alpha value is -3.46. The predicted octanol–water partition coefficient (Wildman–Crippen LogP) is 2.92. The van der Waals surface area contributed by atoms with Crippen LogP contribution in [0.25, 0.3) is 0 Å². The lowest BCUT2D eigenvalue weighted by atomic mass is 9.75. The van der Waals surface area contributed by atoms with Gasteiger partial charge in [0.2, 0.25) is 17.7 Å². The van der Waals surface area contributed by atoms with E-state index in [1.165, 1.54) is 34.4 Å². The summed E-state index contributed by atoms with van der Waals surface area (Å²) < 4.78 is 14.1. The van der Waals surface area contributed by atoms with E-state index >= 15 is 0 Å². The average Bonchev–Trinajstić information content (AvgIpc) is 3.37. The number of likely N-dealkylation sites (tertiary alicyclic amines) is 1. The van der Waals surface area contributed by atoms with E-state index in [1.54, 1.807) is 43.8 Å². The van der Waals surface area contributed by atoms with Crippen LogP contribution in [-0.4, -0.2) is 44.5 Å². The Labute approximate surface area is 188 Å². The summed E-state index contributed by atoms with van der Waals surface area (Å²) in [7, 11) is 1.62. The first-order chi connectivity index (χ1) is 15.4. The Kier molecular flexibility index (Phi) is 6.09. The molecule has 0 radical (unpaired) electrons. The number of thiazole rings is 1. The number of halogens is 1. The summed E-state index contributed by atoms with van der Waals surface area (Å²) in [5.74, 6) is -1.77. The van der Waals surface area contributed by atoms with Gasteiger partial charge in [0.25, 0.3) is 0 Å². The first-order valence-electron chi connectivity index (χ1n) is 10.0. The van der Waals surface area contributed by atoms with Crippen LogP contribution in [-0.2, 0) is 32.9 Å². The molecule has 0 saturated carbocycles. The van der Waals surface area contributed by atoms with Crippen molar-refractivity contribution in [1.82, 2.24) is 19.8 Å². The Balaban J connectivity index is 1.65. The average molecular weight is 453 g/mol. The lowest BCUT2D eigenvalue weighted by Crippen LogP contribution is -2.42. The van der Waals surface area contributed by atoms with Crippen molar-refractivity contribution in [2.24, 2.45) is 0 Å². The molecular weight excluding hydrogens is 431 g/mol. The lowest BCUT2D eigenvalue weighted by molar-refractivity contribution is -0.143. The standard InChI is InChI=1S/C23H21FN4O3S/c1-27(15-19-26-8-9-32-19)20(29)11-23(17-5-2-6-18(24)10-17)12-21(30)28(22(23)31)14-16-4-3-7-25-13-16/h2-10,13H,11-12,14-15H2,1H3. The number of hydrogen-bond acceptors (Lipinski definition) is 6. The molecule has 3 heterocycles. The quantitative estimate of drug-likeness (QED) is 0.515. The lowest BCUT2D eigenvalue weighted by Gasteiger charge is -2.29. The van der Waals surface area contributed by atoms with Gasteiger partial charge in [-0.3, -0.25) is 24.3 Å². The predicted molar refractivity (Wildman–Crippen MR) is 116 cm³/mol. The van der Waals surface area contributed by atoms with E-state index < -0.39 is 23.0 Å². The maximum Gasteiger partial charge on any atom is 0.241 e. The van der Waals surface area contributed by atoms with Gasteiger partial charge in [0.05, 0.1) is 18.5 Å². The van der Waals surface area contributed by atoms with Crippen molar-refractivity contribution in [2.75, 3.05) is 7.05 Å². The molecule has 1 aliphatic heterocycles. The zero-order valence-electron chi connectivity index (χ0n) is 17.4. The third kappa shape index (κ3) is 4.29. The number of rotatable bonds is 7. The second-order valence-corrected chi connectivity index (χ2v) is 8.75. The molecule has 3 amide bonds. The highest BCUT2D eigenvalue weighted by atomic mass is 32.1. The number of aromatic nitrogens is 2. The third-order valence-corrected chi connectivity index (χ3v) is 6.35. The molecule has 7 nitrogen and oxygen atoms in total. The van der Waals surface area contributed by atoms with Gasteiger partial charge in [-0.15, -0.1) is 11.3 Å². The molecule has 4 rings (SSSR count). The van der Waals surface area contributed by atoms with E-state index in [9.17, 15) is 18.8 Å². The number of benzene rings is 1. The molecule has 2 aromatic heterocycles. The molecule has 1 aliphatic rings. The van der Waals surface area contributed by atoms with Crippen LogP contribution in [0.4, 0.5) is 4.39 Å². The fraction of sp³-hybridized carbons (Fsp3) is 0.261. The van der Waals surface area contributed by atoms with Crippen LogP contribution in [0.3, 0.4) is 0 Å². The van der Waals surface area contributed by atoms with Crippen molar-refractivity contribution < 1.29 is 18.8 Å². The van der Waals surface area contributed by atoms with Crippen molar-refractivity contribution in [3.8, 4) is 0 Å². The monoisotopic (exact) mass is 452 g/mol. The smallest absolute Gasteiger partial charge is 0.241 e. The SMILES string of the molecule is CN(Cc1nccs1)C(=O)CC1(c2cccc(F)c2)CC(=O)N(Cc2cccnc2)C1=O. The summed E-state index contributed by atoms with van der Waals surface area (Å²) in [4.78, 5) is 50.5. The van der Waals surface area contributed by atoms with Gasteiger partial charge in [-0.25, -0.2) is 9.37 Å². The maximum atomic E-state index is 14.1. The second-order valence-electron chi connectivity index (χ2n) is 7.77. The van der Waals surface area contributed by atoms with E-state index in [1.807, 2.05) is 5.38 Å². The van der Waals surface area contributed by atoms with Crippen molar-refractivity contribution in [2.45, 2.75) is 31.3 Å². The molecule has 1 fully saturated rings. The number of carbonyl (C=O) groups is 3. The van der Waals surface area contributed by atoms with Crippen LogP contribution in [0.5, 0.6) is 0 Å². The maximum absolute atomic E-state index is 14.1. The zero-order valence-corrected chi connectivity index (χ0v) is 18.2. The van der Waals surface area contributed by atoms with Gasteiger partial charge < -0.3 is 4.90 Å². The number of imide groups is 1. The molecule has 1 saturated heterocycles. The van der Waals surface area contributed by atoms with Gasteiger partial charge >= 0.3 is 0 Å². The Bertz CT molecular complexity index is 1140. The molecule has 0 bridgehead atoms. The zero-order chi connectivity index (χ0) is 22.7. The van der Waals surface area contributed by atoms with Crippen LogP contribution in [0.15, 0.2) is 60.4 Å². The highest BCUT2D eigenvalue weighted by Crippen LogP contribution is 2.41. The summed E-state index contributed by atoms with van der Waals surface area (Å²) in [6, 6.07) is 9.06. The van der Waals surface area contributed by atoms with Gasteiger partial charge in [-0.2, -0.15) is 0 Å². The Morgan fingerprint density at radius 3 is 2.78 bits per heavy atom. The molecule has 0 aliphatic carbocycles. The van der Waals surface area contributed by atoms with Crippen LogP contribution < -0.4 is 0 Å². The number of pyridine rings is 1. The minimum Gasteiger partial charge on any atom is -0.339 e. The van der Waals surface area contributed by atoms with Crippen molar-refractivity contribution >= 4 is 29.1 Å². The van der Waals surface area contributed by atoms with Crippen LogP contribution in [0, 0.1) is 5.82 Å². The first kappa shape index (κ1) is 21.8. The van der Waals surface area contributed by atoms with Gasteiger partial charge in [0.15, 0.2) is 0 Å². The molecule has 3 aromatic rings. The minimum absolute atomic E-state index is 0.0473. The molecule has 0 N–H and O–H groups in total. The Morgan fingerprint density at radius 2 is 2.09 bits per heavy atom. The molecule has 1 unspecified atom stereocenters. The largest absolute Gasteiger partial charge is 0.339 e. The highest BCUT2D eigenvalue weighted by molar-refractivity contribution is 7.09. The summed E-state index contributed by atoms with van der Waals surface area (Å²) in [5, 5.41) is 2.57. The van der Waals surface area contributed by atoms with Crippen LogP contribution >= 0.6 is 11.3 Å². The van der Waals surface area contributed by atoms with Crippen molar-refractivity contribution in [3.05, 3.63) is 82.3 Å². The van der Waals surface area contributed by atoms with Crippen LogP contribution in [0.2, 0.25) is 0 Å². The van der Waals surface area contributed by atoms with E-state index in [2.05, 4.69) is 9.97 Å². The molecule has 1 atom stereocenters. The number of carbonyl (C=O) groups excluding carboxylic acids is 3. The fourth-order valence-electron chi connectivity index (χ4n) is 3.90. The van der Waals surface area contributed by atoms with Gasteiger partial charge in [0, 0.05) is 43.9 Å². The van der Waals surface area contributed by atoms with Gasteiger partial charge in [-0.05, 0) is 29.3 Å². The molecule has 0 spiro atoms. The Morgan fingerprint density at radius 1 is 1.25 bits per heavy atom. The number of nitrogens with zero attached hydrogens (tertiary/aromatic N) is 4. The summed E-state index contributed by atoms with van der Waals surface area (Å²) in [5.41, 5.74) is -0.452. The third-order valence-electron chi connectivity index (χ3n) is 5.58. The van der Waals surface area contributed by atoms with E-state index in [-0.39, 0.29) is 31.8 Å². The fourth-order valence-corrected chi connectivity index (χ4v) is 4.57. The van der Waals surface area contributed by atoms with Gasteiger partial charge in [-0.1, -0.05) is 18.2 Å². The normalized spacial score (nSPS) is 18.2. The second kappa shape index (κ2) is 8.96. The van der Waals surface area contributed by atoms with Gasteiger partial charge in [0.1, 0.15) is 10.8 Å². The molecule has 32 heavy (non-hydrogen) atoms. The summed E-state index contributed by atoms with van der Waals surface area (Å²) in [6.45, 7) is 0.336. The highest BCUT2D eigenvalue weighted by Gasteiger charge is 2.54. The summed E-state index contributed by atoms with van der Waals surface area (Å²) in [6.07, 6.45) is 4.39. The first-order valence-corrected chi connectivity index (χ1v) is 10.9.